The smallest absolute Gasteiger partial charge is 0.272 e. The fourth-order valence-corrected chi connectivity index (χ4v) is 3.68. The highest BCUT2D eigenvalue weighted by molar-refractivity contribution is 6.03. The summed E-state index contributed by atoms with van der Waals surface area (Å²) in [4.78, 5) is 26.5. The van der Waals surface area contributed by atoms with E-state index in [1.807, 2.05) is 4.68 Å². The van der Waals surface area contributed by atoms with Crippen molar-refractivity contribution >= 4 is 29.9 Å². The summed E-state index contributed by atoms with van der Waals surface area (Å²) in [6.45, 7) is 2.21. The Morgan fingerprint density at radius 1 is 1.25 bits per heavy atom. The molecule has 9 heteroatoms. The first-order chi connectivity index (χ1) is 13.1. The lowest BCUT2D eigenvalue weighted by Gasteiger charge is -2.22. The number of carbonyl (C=O) groups excluding carboxylic acids is 2. The van der Waals surface area contributed by atoms with Crippen molar-refractivity contribution in [2.75, 3.05) is 24.5 Å². The molecule has 2 saturated heterocycles. The van der Waals surface area contributed by atoms with Crippen LogP contribution in [0.3, 0.4) is 0 Å². The first kappa shape index (κ1) is 20.3. The van der Waals surface area contributed by atoms with E-state index in [4.69, 9.17) is 0 Å². The molecule has 1 aromatic carbocycles. The summed E-state index contributed by atoms with van der Waals surface area (Å²) in [5.41, 5.74) is 0.533. The number of nitrogens with zero attached hydrogens (tertiary/aromatic N) is 3. The number of para-hydroxylation sites is 1. The average Bonchev–Trinajstić information content (AvgIpc) is 3.31. The summed E-state index contributed by atoms with van der Waals surface area (Å²) in [5.74, 6) is -1.13. The van der Waals surface area contributed by atoms with E-state index in [1.165, 1.54) is 11.0 Å². The van der Waals surface area contributed by atoms with Crippen LogP contribution < -0.4 is 15.5 Å². The summed E-state index contributed by atoms with van der Waals surface area (Å²) in [5, 5.41) is 10.4. The molecule has 2 atom stereocenters. The zero-order valence-corrected chi connectivity index (χ0v) is 16.1. The highest BCUT2D eigenvalue weighted by atomic mass is 35.5. The number of aromatic nitrogens is 2. The van der Waals surface area contributed by atoms with E-state index < -0.39 is 11.9 Å². The molecule has 2 fully saturated rings. The first-order valence-corrected chi connectivity index (χ1v) is 9.26. The lowest BCUT2D eigenvalue weighted by atomic mass is 10.1. The Hall–Kier alpha value is -2.45. The third-order valence-electron chi connectivity index (χ3n) is 5.14. The molecule has 3 heterocycles. The van der Waals surface area contributed by atoms with E-state index in [0.717, 1.165) is 25.9 Å². The molecule has 2 aliphatic rings. The lowest BCUT2D eigenvalue weighted by molar-refractivity contribution is -0.118. The predicted octanol–water partition coefficient (Wildman–Crippen LogP) is 1.90. The van der Waals surface area contributed by atoms with Crippen LogP contribution in [0.5, 0.6) is 0 Å². The van der Waals surface area contributed by atoms with Crippen LogP contribution in [0, 0.1) is 5.82 Å². The van der Waals surface area contributed by atoms with Gasteiger partial charge in [-0.05, 0) is 44.0 Å². The first-order valence-electron chi connectivity index (χ1n) is 9.26. The molecule has 4 rings (SSSR count). The fraction of sp³-hybridized carbons (Fsp3) is 0.421. The molecule has 2 amide bonds. The summed E-state index contributed by atoms with van der Waals surface area (Å²) < 4.78 is 15.8. The number of amides is 2. The van der Waals surface area contributed by atoms with Crippen molar-refractivity contribution in [3.63, 3.8) is 0 Å². The minimum absolute atomic E-state index is 0. The van der Waals surface area contributed by atoms with Gasteiger partial charge >= 0.3 is 0 Å². The number of anilines is 1. The van der Waals surface area contributed by atoms with Crippen molar-refractivity contribution in [2.24, 2.45) is 0 Å². The minimum atomic E-state index is -0.668. The van der Waals surface area contributed by atoms with Crippen LogP contribution in [0.25, 0.3) is 0 Å². The van der Waals surface area contributed by atoms with Gasteiger partial charge in [-0.2, -0.15) is 5.10 Å². The van der Waals surface area contributed by atoms with E-state index in [1.54, 1.807) is 30.5 Å². The Morgan fingerprint density at radius 3 is 2.82 bits per heavy atom. The van der Waals surface area contributed by atoms with Gasteiger partial charge in [-0.25, -0.2) is 4.39 Å². The third-order valence-corrected chi connectivity index (χ3v) is 5.14. The normalized spacial score (nSPS) is 22.0. The van der Waals surface area contributed by atoms with Crippen molar-refractivity contribution in [1.82, 2.24) is 20.4 Å². The molecule has 2 N–H and O–H groups in total. The van der Waals surface area contributed by atoms with Gasteiger partial charge in [0.1, 0.15) is 17.6 Å². The van der Waals surface area contributed by atoms with Gasteiger partial charge in [0.2, 0.25) is 5.91 Å². The van der Waals surface area contributed by atoms with E-state index in [-0.39, 0.29) is 41.6 Å². The molecule has 28 heavy (non-hydrogen) atoms. The SMILES string of the molecule is Cl.O=C(NC1CCN(c2ccccc2F)C1=O)c1ccn(C2CCCNC2)n1. The molecule has 2 aromatic rings. The number of piperidine rings is 1. The topological polar surface area (TPSA) is 79.3 Å². The molecule has 150 valence electrons. The zero-order chi connectivity index (χ0) is 18.8. The molecule has 0 aliphatic carbocycles. The highest BCUT2D eigenvalue weighted by Gasteiger charge is 2.35. The molecule has 2 aliphatic heterocycles. The Bertz CT molecular complexity index is 852. The van der Waals surface area contributed by atoms with Gasteiger partial charge in [0.25, 0.3) is 5.91 Å². The minimum Gasteiger partial charge on any atom is -0.339 e. The molecule has 0 spiro atoms. The Kier molecular flexibility index (Phi) is 6.31. The molecule has 0 bridgehead atoms. The van der Waals surface area contributed by atoms with Gasteiger partial charge in [-0.1, -0.05) is 12.1 Å². The van der Waals surface area contributed by atoms with E-state index in [2.05, 4.69) is 15.7 Å². The van der Waals surface area contributed by atoms with E-state index in [0.29, 0.717) is 13.0 Å². The van der Waals surface area contributed by atoms with Gasteiger partial charge in [-0.3, -0.25) is 14.3 Å². The van der Waals surface area contributed by atoms with Crippen LogP contribution in [-0.2, 0) is 4.79 Å². The van der Waals surface area contributed by atoms with Crippen molar-refractivity contribution < 1.29 is 14.0 Å². The van der Waals surface area contributed by atoms with Gasteiger partial charge < -0.3 is 15.5 Å². The number of nitrogens with one attached hydrogen (secondary N) is 2. The third kappa shape index (κ3) is 4.02. The van der Waals surface area contributed by atoms with Gasteiger partial charge in [0.15, 0.2) is 0 Å². The number of rotatable bonds is 4. The van der Waals surface area contributed by atoms with Crippen LogP contribution in [0.4, 0.5) is 10.1 Å². The van der Waals surface area contributed by atoms with E-state index in [9.17, 15) is 14.0 Å². The molecule has 2 unspecified atom stereocenters. The summed E-state index contributed by atoms with van der Waals surface area (Å²) in [6.07, 6.45) is 4.34. The standard InChI is InChI=1S/C19H22FN5O2.ClH/c20-14-5-1-2-6-17(14)24-10-7-16(19(24)27)22-18(26)15-8-11-25(23-15)13-4-3-9-21-12-13;/h1-2,5-6,8,11,13,16,21H,3-4,7,9-10,12H2,(H,22,26);1H. The Balaban J connectivity index is 0.00000225. The lowest BCUT2D eigenvalue weighted by Crippen LogP contribution is -2.42. The highest BCUT2D eigenvalue weighted by Crippen LogP contribution is 2.24. The van der Waals surface area contributed by atoms with E-state index >= 15 is 0 Å². The van der Waals surface area contributed by atoms with Crippen LogP contribution in [0.2, 0.25) is 0 Å². The summed E-state index contributed by atoms with van der Waals surface area (Å²) in [6, 6.07) is 7.39. The number of halogens is 2. The van der Waals surface area contributed by atoms with Gasteiger partial charge in [0.05, 0.1) is 11.7 Å². The monoisotopic (exact) mass is 407 g/mol. The van der Waals surface area contributed by atoms with Crippen LogP contribution in [0.1, 0.15) is 35.8 Å². The quantitative estimate of drug-likeness (QED) is 0.811. The molecule has 1 aromatic heterocycles. The number of carbonyl (C=O) groups is 2. The summed E-state index contributed by atoms with van der Waals surface area (Å²) in [7, 11) is 0. The van der Waals surface area contributed by atoms with Gasteiger partial charge in [0, 0.05) is 19.3 Å². The molecular weight excluding hydrogens is 385 g/mol. The van der Waals surface area contributed by atoms with Crippen molar-refractivity contribution in [2.45, 2.75) is 31.3 Å². The zero-order valence-electron chi connectivity index (χ0n) is 15.3. The maximum absolute atomic E-state index is 13.9. The Labute approximate surface area is 168 Å². The van der Waals surface area contributed by atoms with Crippen LogP contribution in [0.15, 0.2) is 36.5 Å². The van der Waals surface area contributed by atoms with Crippen molar-refractivity contribution in [3.05, 3.63) is 48.0 Å². The summed E-state index contributed by atoms with van der Waals surface area (Å²) >= 11 is 0. The number of hydrogen-bond donors (Lipinski definition) is 2. The number of benzene rings is 1. The predicted molar refractivity (Wildman–Crippen MR) is 105 cm³/mol. The second-order valence-electron chi connectivity index (χ2n) is 6.94. The second kappa shape index (κ2) is 8.70. The molecule has 0 radical (unpaired) electrons. The van der Waals surface area contributed by atoms with Gasteiger partial charge in [-0.15, -0.1) is 12.4 Å². The molecular formula is C19H23ClFN5O2. The molecule has 0 saturated carbocycles. The largest absolute Gasteiger partial charge is 0.339 e. The van der Waals surface area contributed by atoms with Crippen molar-refractivity contribution in [1.29, 1.82) is 0 Å². The van der Waals surface area contributed by atoms with Crippen molar-refractivity contribution in [3.8, 4) is 0 Å². The number of hydrogen-bond acceptors (Lipinski definition) is 4. The van der Waals surface area contributed by atoms with Crippen LogP contribution >= 0.6 is 12.4 Å². The maximum atomic E-state index is 13.9. The molecule has 7 nitrogen and oxygen atoms in total. The Morgan fingerprint density at radius 2 is 2.07 bits per heavy atom. The average molecular weight is 408 g/mol. The van der Waals surface area contributed by atoms with Crippen LogP contribution in [-0.4, -0.2) is 47.3 Å². The second-order valence-corrected chi connectivity index (χ2v) is 6.94. The fourth-order valence-electron chi connectivity index (χ4n) is 3.68. The maximum Gasteiger partial charge on any atom is 0.272 e.